The van der Waals surface area contributed by atoms with E-state index in [0.717, 1.165) is 4.57 Å². The maximum absolute atomic E-state index is 13.8. The Hall–Kier alpha value is -4.35. The van der Waals surface area contributed by atoms with E-state index in [-0.39, 0.29) is 22.6 Å². The van der Waals surface area contributed by atoms with Gasteiger partial charge in [0, 0.05) is 24.4 Å². The van der Waals surface area contributed by atoms with Crippen molar-refractivity contribution in [2.24, 2.45) is 5.73 Å². The van der Waals surface area contributed by atoms with Gasteiger partial charge in [-0.05, 0) is 35.9 Å². The van der Waals surface area contributed by atoms with Gasteiger partial charge in [-0.15, -0.1) is 0 Å². The van der Waals surface area contributed by atoms with E-state index >= 15 is 0 Å². The monoisotopic (exact) mass is 463 g/mol. The number of nitrogens with zero attached hydrogens (tertiary/aromatic N) is 1. The van der Waals surface area contributed by atoms with Crippen LogP contribution in [0, 0.1) is 5.82 Å². The first-order valence-electron chi connectivity index (χ1n) is 9.25. The molecule has 33 heavy (non-hydrogen) atoms. The van der Waals surface area contributed by atoms with Crippen LogP contribution < -0.4 is 22.1 Å². The molecule has 8 nitrogen and oxygen atoms in total. The Morgan fingerprint density at radius 1 is 1.00 bits per heavy atom. The molecule has 0 saturated carbocycles. The summed E-state index contributed by atoms with van der Waals surface area (Å²) >= 11 is 0. The van der Waals surface area contributed by atoms with Crippen molar-refractivity contribution in [1.29, 1.82) is 0 Å². The molecule has 0 saturated heterocycles. The van der Waals surface area contributed by atoms with Gasteiger partial charge in [-0.25, -0.2) is 9.18 Å². The number of halogens is 4. The number of hydrogen-bond donors (Lipinski definition) is 4. The molecule has 0 bridgehead atoms. The fourth-order valence-corrected chi connectivity index (χ4v) is 3.08. The van der Waals surface area contributed by atoms with E-state index in [9.17, 15) is 31.9 Å². The number of carbonyl (C=O) groups excluding carboxylic acids is 3. The molecule has 1 heterocycles. The molecule has 0 spiro atoms. The molecule has 1 aromatic heterocycles. The summed E-state index contributed by atoms with van der Waals surface area (Å²) in [5.74, 6) is -2.43. The van der Waals surface area contributed by atoms with Crippen LogP contribution in [0.3, 0.4) is 0 Å². The number of benzene rings is 2. The summed E-state index contributed by atoms with van der Waals surface area (Å²) in [5.41, 5.74) is 10.3. The number of anilines is 3. The molecule has 0 unspecified atom stereocenters. The molecular formula is C21H17F4N5O3. The van der Waals surface area contributed by atoms with E-state index < -0.39 is 41.1 Å². The summed E-state index contributed by atoms with van der Waals surface area (Å²) < 4.78 is 53.3. The summed E-state index contributed by atoms with van der Waals surface area (Å²) in [6.07, 6.45) is -3.35. The first kappa shape index (κ1) is 23.3. The highest BCUT2D eigenvalue weighted by Gasteiger charge is 2.31. The maximum Gasteiger partial charge on any atom is 0.416 e. The quantitative estimate of drug-likeness (QED) is 0.430. The first-order valence-corrected chi connectivity index (χ1v) is 9.25. The second-order valence-electron chi connectivity index (χ2n) is 6.91. The predicted octanol–water partition coefficient (Wildman–Crippen LogP) is 4.30. The Bertz CT molecular complexity index is 1250. The van der Waals surface area contributed by atoms with Crippen LogP contribution in [0.4, 0.5) is 39.5 Å². The zero-order chi connectivity index (χ0) is 24.5. The normalized spacial score (nSPS) is 11.2. The summed E-state index contributed by atoms with van der Waals surface area (Å²) in [4.78, 5) is 35.6. The highest BCUT2D eigenvalue weighted by molar-refractivity contribution is 6.06. The molecule has 3 amide bonds. The van der Waals surface area contributed by atoms with Crippen molar-refractivity contribution < 1.29 is 31.9 Å². The topological polar surface area (TPSA) is 132 Å². The van der Waals surface area contributed by atoms with Gasteiger partial charge in [0.25, 0.3) is 5.91 Å². The van der Waals surface area contributed by atoms with Crippen molar-refractivity contribution >= 4 is 35.0 Å². The first-order chi connectivity index (χ1) is 15.4. The van der Waals surface area contributed by atoms with Gasteiger partial charge in [0.05, 0.1) is 16.8 Å². The summed E-state index contributed by atoms with van der Waals surface area (Å²) in [5, 5.41) is 4.37. The molecule has 172 valence electrons. The standard InChI is InChI=1S/C21H17F4N5O3/c1-10(31)30-9-14(17(18(30)26)19(27)32)11-2-5-13(6-3-11)28-20(33)29-16-8-12(21(23,24)25)4-7-15(16)22/h2-9H,26H2,1H3,(H2,27,32)(H2,28,29,33). The number of alkyl halides is 3. The van der Waals surface area contributed by atoms with Crippen molar-refractivity contribution in [1.82, 2.24) is 4.57 Å². The van der Waals surface area contributed by atoms with Crippen LogP contribution in [0.15, 0.2) is 48.7 Å². The average molecular weight is 463 g/mol. The van der Waals surface area contributed by atoms with Gasteiger partial charge in [0.15, 0.2) is 0 Å². The highest BCUT2D eigenvalue weighted by Crippen LogP contribution is 2.32. The lowest BCUT2D eigenvalue weighted by Gasteiger charge is -2.12. The second kappa shape index (κ2) is 8.65. The molecule has 2 aromatic carbocycles. The lowest BCUT2D eigenvalue weighted by Crippen LogP contribution is -2.20. The SMILES string of the molecule is CC(=O)n1cc(-c2ccc(NC(=O)Nc3cc(C(F)(F)F)ccc3F)cc2)c(C(N)=O)c1N. The minimum absolute atomic E-state index is 0.0522. The number of nitrogens with two attached hydrogens (primary N) is 2. The van der Waals surface area contributed by atoms with Gasteiger partial charge < -0.3 is 22.1 Å². The molecular weight excluding hydrogens is 446 g/mol. The molecule has 0 aliphatic heterocycles. The van der Waals surface area contributed by atoms with Gasteiger partial charge in [-0.3, -0.25) is 14.2 Å². The third-order valence-electron chi connectivity index (χ3n) is 4.62. The molecule has 0 radical (unpaired) electrons. The smallest absolute Gasteiger partial charge is 0.384 e. The Kier molecular flexibility index (Phi) is 6.11. The highest BCUT2D eigenvalue weighted by atomic mass is 19.4. The third-order valence-corrected chi connectivity index (χ3v) is 4.62. The van der Waals surface area contributed by atoms with Crippen LogP contribution in [0.5, 0.6) is 0 Å². The van der Waals surface area contributed by atoms with Crippen molar-refractivity contribution in [3.8, 4) is 11.1 Å². The number of amides is 3. The van der Waals surface area contributed by atoms with E-state index in [1.54, 1.807) is 0 Å². The van der Waals surface area contributed by atoms with Gasteiger partial charge in [-0.2, -0.15) is 13.2 Å². The summed E-state index contributed by atoms with van der Waals surface area (Å²) in [6.45, 7) is 1.25. The molecule has 3 rings (SSSR count). The van der Waals surface area contributed by atoms with Gasteiger partial charge in [-0.1, -0.05) is 12.1 Å². The minimum atomic E-state index is -4.70. The van der Waals surface area contributed by atoms with Crippen molar-refractivity contribution in [2.45, 2.75) is 13.1 Å². The molecule has 12 heteroatoms. The number of nitrogens with one attached hydrogen (secondary N) is 2. The molecule has 3 aromatic rings. The Labute approximate surface area is 184 Å². The van der Waals surface area contributed by atoms with Crippen LogP contribution in [0.2, 0.25) is 0 Å². The van der Waals surface area contributed by atoms with Gasteiger partial charge in [0.1, 0.15) is 11.6 Å². The van der Waals surface area contributed by atoms with E-state index in [1.807, 2.05) is 5.32 Å². The summed E-state index contributed by atoms with van der Waals surface area (Å²) in [7, 11) is 0. The Morgan fingerprint density at radius 2 is 1.64 bits per heavy atom. The lowest BCUT2D eigenvalue weighted by molar-refractivity contribution is -0.137. The molecule has 0 aliphatic rings. The van der Waals surface area contributed by atoms with Gasteiger partial charge in [0.2, 0.25) is 5.91 Å². The van der Waals surface area contributed by atoms with Crippen LogP contribution >= 0.6 is 0 Å². The number of urea groups is 1. The average Bonchev–Trinajstić information content (AvgIpc) is 3.07. The van der Waals surface area contributed by atoms with Crippen molar-refractivity contribution in [3.63, 3.8) is 0 Å². The van der Waals surface area contributed by atoms with Crippen LogP contribution in [-0.4, -0.2) is 22.4 Å². The van der Waals surface area contributed by atoms with Gasteiger partial charge >= 0.3 is 12.2 Å². The number of rotatable bonds is 4. The second-order valence-corrected chi connectivity index (χ2v) is 6.91. The van der Waals surface area contributed by atoms with Crippen LogP contribution in [0.1, 0.15) is 27.6 Å². The largest absolute Gasteiger partial charge is 0.416 e. The maximum atomic E-state index is 13.8. The number of carbonyl (C=O) groups is 3. The fraction of sp³-hybridized carbons (Fsp3) is 0.0952. The lowest BCUT2D eigenvalue weighted by atomic mass is 10.0. The van der Waals surface area contributed by atoms with E-state index in [4.69, 9.17) is 11.5 Å². The minimum Gasteiger partial charge on any atom is -0.384 e. The molecule has 0 fully saturated rings. The van der Waals surface area contributed by atoms with Crippen molar-refractivity contribution in [3.05, 3.63) is 65.6 Å². The van der Waals surface area contributed by atoms with E-state index in [2.05, 4.69) is 5.32 Å². The molecule has 0 aliphatic carbocycles. The molecule has 6 N–H and O–H groups in total. The number of primary amides is 1. The summed E-state index contributed by atoms with van der Waals surface area (Å²) in [6, 6.07) is 6.48. The number of hydrogen-bond acceptors (Lipinski definition) is 4. The zero-order valence-electron chi connectivity index (χ0n) is 17.0. The Balaban J connectivity index is 1.80. The number of aromatic nitrogens is 1. The van der Waals surface area contributed by atoms with Crippen molar-refractivity contribution in [2.75, 3.05) is 16.4 Å². The van der Waals surface area contributed by atoms with Crippen LogP contribution in [-0.2, 0) is 6.18 Å². The van der Waals surface area contributed by atoms with E-state index in [1.165, 1.54) is 37.4 Å². The van der Waals surface area contributed by atoms with Crippen LogP contribution in [0.25, 0.3) is 11.1 Å². The number of nitrogen functional groups attached to an aromatic ring is 1. The predicted molar refractivity (Wildman–Crippen MR) is 113 cm³/mol. The Morgan fingerprint density at radius 3 is 2.18 bits per heavy atom. The zero-order valence-corrected chi connectivity index (χ0v) is 17.0. The fourth-order valence-electron chi connectivity index (χ4n) is 3.08. The third kappa shape index (κ3) is 4.95. The molecule has 0 atom stereocenters. The van der Waals surface area contributed by atoms with E-state index in [0.29, 0.717) is 23.8 Å².